The van der Waals surface area contributed by atoms with Gasteiger partial charge in [-0.1, -0.05) is 0 Å². The van der Waals surface area contributed by atoms with Crippen LogP contribution in [0.3, 0.4) is 0 Å². The second-order valence-corrected chi connectivity index (χ2v) is 5.60. The van der Waals surface area contributed by atoms with Gasteiger partial charge < -0.3 is 10.4 Å². The van der Waals surface area contributed by atoms with Crippen LogP contribution in [-0.2, 0) is 6.18 Å². The smallest absolute Gasteiger partial charge is 0.385 e. The molecular weight excluding hydrogens is 257 g/mol. The Morgan fingerprint density at radius 3 is 2.32 bits per heavy atom. The highest BCUT2D eigenvalue weighted by Gasteiger charge is 2.33. The molecule has 1 aromatic rings. The van der Waals surface area contributed by atoms with Gasteiger partial charge >= 0.3 is 6.18 Å². The summed E-state index contributed by atoms with van der Waals surface area (Å²) in [6, 6.07) is 2.43. The molecule has 0 aromatic carbocycles. The number of aryl methyl sites for hydroxylation is 1. The van der Waals surface area contributed by atoms with Gasteiger partial charge in [-0.15, -0.1) is 0 Å². The Hall–Kier alpha value is -1.14. The van der Waals surface area contributed by atoms with Crippen LogP contribution in [0.4, 0.5) is 13.2 Å². The van der Waals surface area contributed by atoms with Crippen molar-refractivity contribution >= 4 is 0 Å². The summed E-state index contributed by atoms with van der Waals surface area (Å²) in [5.41, 5.74) is -0.744. The third kappa shape index (κ3) is 5.16. The zero-order valence-electron chi connectivity index (χ0n) is 11.5. The molecule has 19 heavy (non-hydrogen) atoms. The third-order valence-corrected chi connectivity index (χ3v) is 2.45. The molecule has 3 nitrogen and oxygen atoms in total. The lowest BCUT2D eigenvalue weighted by molar-refractivity contribution is -0.141. The fraction of sp³-hybridized carbons (Fsp3) is 0.615. The van der Waals surface area contributed by atoms with E-state index < -0.39 is 18.0 Å². The highest BCUT2D eigenvalue weighted by molar-refractivity contribution is 5.23. The number of aromatic nitrogens is 1. The van der Waals surface area contributed by atoms with Crippen molar-refractivity contribution in [3.8, 4) is 0 Å². The standard InChI is InChI=1S/C13H19F3N2O/c1-8-5-9(10(19)7-17-12(2,3)4)18-11(6-8)13(14,15)16/h5-6,10,17,19H,7H2,1-4H3/t10-/m1/s1. The molecule has 0 aliphatic carbocycles. The zero-order chi connectivity index (χ0) is 14.8. The van der Waals surface area contributed by atoms with E-state index in [1.165, 1.54) is 6.07 Å². The average molecular weight is 276 g/mol. The Bertz CT molecular complexity index is 438. The lowest BCUT2D eigenvalue weighted by Crippen LogP contribution is -2.38. The molecule has 0 saturated carbocycles. The molecule has 0 aliphatic rings. The van der Waals surface area contributed by atoms with Gasteiger partial charge in [-0.2, -0.15) is 13.2 Å². The van der Waals surface area contributed by atoms with Crippen LogP contribution in [0, 0.1) is 6.92 Å². The maximum absolute atomic E-state index is 12.6. The minimum atomic E-state index is -4.50. The molecule has 0 bridgehead atoms. The number of hydrogen-bond donors (Lipinski definition) is 2. The van der Waals surface area contributed by atoms with E-state index in [9.17, 15) is 18.3 Å². The average Bonchev–Trinajstić information content (AvgIpc) is 2.22. The number of rotatable bonds is 3. The summed E-state index contributed by atoms with van der Waals surface area (Å²) in [4.78, 5) is 3.49. The fourth-order valence-electron chi connectivity index (χ4n) is 1.52. The number of nitrogens with zero attached hydrogens (tertiary/aromatic N) is 1. The van der Waals surface area contributed by atoms with Crippen LogP contribution in [0.5, 0.6) is 0 Å². The van der Waals surface area contributed by atoms with Gasteiger partial charge in [0, 0.05) is 12.1 Å². The van der Waals surface area contributed by atoms with Crippen molar-refractivity contribution in [2.24, 2.45) is 0 Å². The second kappa shape index (κ2) is 5.46. The number of hydrogen-bond acceptors (Lipinski definition) is 3. The second-order valence-electron chi connectivity index (χ2n) is 5.60. The molecule has 1 aromatic heterocycles. The largest absolute Gasteiger partial charge is 0.433 e. The Kier molecular flexibility index (Phi) is 4.58. The maximum atomic E-state index is 12.6. The van der Waals surface area contributed by atoms with Crippen LogP contribution >= 0.6 is 0 Å². The van der Waals surface area contributed by atoms with Crippen LogP contribution in [0.15, 0.2) is 12.1 Å². The van der Waals surface area contributed by atoms with Crippen LogP contribution in [0.1, 0.15) is 43.8 Å². The van der Waals surface area contributed by atoms with Crippen LogP contribution in [-0.4, -0.2) is 22.2 Å². The SMILES string of the molecule is Cc1cc([C@H](O)CNC(C)(C)C)nc(C(F)(F)F)c1. The van der Waals surface area contributed by atoms with Crippen molar-refractivity contribution in [3.05, 3.63) is 29.1 Å². The molecular formula is C13H19F3N2O. The first-order valence-corrected chi connectivity index (χ1v) is 5.98. The van der Waals surface area contributed by atoms with Crippen molar-refractivity contribution < 1.29 is 18.3 Å². The number of β-amino-alcohol motifs (C(OH)–C–C–N with tert-alkyl or cyclic N) is 1. The Morgan fingerprint density at radius 2 is 1.84 bits per heavy atom. The van der Waals surface area contributed by atoms with Crippen molar-refractivity contribution in [1.82, 2.24) is 10.3 Å². The molecule has 0 radical (unpaired) electrons. The van der Waals surface area contributed by atoms with Gasteiger partial charge in [0.25, 0.3) is 0 Å². The summed E-state index contributed by atoms with van der Waals surface area (Å²) in [6.07, 6.45) is -5.57. The van der Waals surface area contributed by atoms with Gasteiger partial charge in [-0.25, -0.2) is 4.98 Å². The number of pyridine rings is 1. The Balaban J connectivity index is 2.91. The predicted molar refractivity (Wildman–Crippen MR) is 66.7 cm³/mol. The van der Waals surface area contributed by atoms with Crippen molar-refractivity contribution in [2.75, 3.05) is 6.54 Å². The molecule has 0 fully saturated rings. The summed E-state index contributed by atoms with van der Waals surface area (Å²) in [5, 5.41) is 12.9. The fourth-order valence-corrected chi connectivity index (χ4v) is 1.52. The lowest BCUT2D eigenvalue weighted by atomic mass is 10.1. The topological polar surface area (TPSA) is 45.1 Å². The van der Waals surface area contributed by atoms with E-state index in [0.29, 0.717) is 5.56 Å². The molecule has 2 N–H and O–H groups in total. The van der Waals surface area contributed by atoms with Crippen molar-refractivity contribution in [2.45, 2.75) is 45.5 Å². The van der Waals surface area contributed by atoms with Gasteiger partial charge in [-0.3, -0.25) is 0 Å². The summed E-state index contributed by atoms with van der Waals surface area (Å²) in [7, 11) is 0. The molecule has 0 unspecified atom stereocenters. The van der Waals surface area contributed by atoms with E-state index in [2.05, 4.69) is 10.3 Å². The Labute approximate surface area is 110 Å². The van der Waals surface area contributed by atoms with Gasteiger partial charge in [0.15, 0.2) is 0 Å². The lowest BCUT2D eigenvalue weighted by Gasteiger charge is -2.23. The highest BCUT2D eigenvalue weighted by atomic mass is 19.4. The van der Waals surface area contributed by atoms with E-state index in [1.54, 1.807) is 6.92 Å². The first kappa shape index (κ1) is 15.9. The monoisotopic (exact) mass is 276 g/mol. The van der Waals surface area contributed by atoms with Gasteiger partial charge in [0.1, 0.15) is 11.8 Å². The Morgan fingerprint density at radius 1 is 1.26 bits per heavy atom. The van der Waals surface area contributed by atoms with Gasteiger partial charge in [0.05, 0.1) is 5.69 Å². The van der Waals surface area contributed by atoms with Crippen molar-refractivity contribution in [1.29, 1.82) is 0 Å². The third-order valence-electron chi connectivity index (χ3n) is 2.45. The number of aliphatic hydroxyl groups excluding tert-OH is 1. The minimum Gasteiger partial charge on any atom is -0.385 e. The summed E-state index contributed by atoms with van der Waals surface area (Å²) >= 11 is 0. The van der Waals surface area contributed by atoms with E-state index in [-0.39, 0.29) is 17.8 Å². The number of nitrogens with one attached hydrogen (secondary N) is 1. The normalized spacial score (nSPS) is 14.5. The van der Waals surface area contributed by atoms with Gasteiger partial charge in [-0.05, 0) is 45.4 Å². The molecule has 1 atom stereocenters. The number of aliphatic hydroxyl groups is 1. The number of halogens is 3. The quantitative estimate of drug-likeness (QED) is 0.892. The van der Waals surface area contributed by atoms with E-state index in [1.807, 2.05) is 20.8 Å². The summed E-state index contributed by atoms with van der Waals surface area (Å²) in [6.45, 7) is 7.42. The highest BCUT2D eigenvalue weighted by Crippen LogP contribution is 2.29. The molecule has 0 amide bonds. The molecule has 0 saturated heterocycles. The summed E-state index contributed by atoms with van der Waals surface area (Å²) in [5.74, 6) is 0. The summed E-state index contributed by atoms with van der Waals surface area (Å²) < 4.78 is 37.9. The molecule has 6 heteroatoms. The predicted octanol–water partition coefficient (Wildman–Crippen LogP) is 2.83. The van der Waals surface area contributed by atoms with Crippen LogP contribution < -0.4 is 5.32 Å². The van der Waals surface area contributed by atoms with Crippen LogP contribution in [0.2, 0.25) is 0 Å². The first-order valence-electron chi connectivity index (χ1n) is 5.98. The van der Waals surface area contributed by atoms with E-state index in [4.69, 9.17) is 0 Å². The van der Waals surface area contributed by atoms with E-state index >= 15 is 0 Å². The molecule has 108 valence electrons. The van der Waals surface area contributed by atoms with E-state index in [0.717, 1.165) is 6.07 Å². The van der Waals surface area contributed by atoms with Crippen molar-refractivity contribution in [3.63, 3.8) is 0 Å². The molecule has 1 heterocycles. The molecule has 0 spiro atoms. The maximum Gasteiger partial charge on any atom is 0.433 e. The zero-order valence-corrected chi connectivity index (χ0v) is 11.5. The van der Waals surface area contributed by atoms with Crippen LogP contribution in [0.25, 0.3) is 0 Å². The van der Waals surface area contributed by atoms with Gasteiger partial charge in [0.2, 0.25) is 0 Å². The molecule has 1 rings (SSSR count). The molecule has 0 aliphatic heterocycles. The first-order chi connectivity index (χ1) is 8.49. The number of alkyl halides is 3. The minimum absolute atomic E-state index is 0.0316.